The smallest absolute Gasteiger partial charge is 0.225 e. The topological polar surface area (TPSA) is 56.7 Å². The molecule has 6 heteroatoms. The molecule has 0 spiro atoms. The SMILES string of the molecule is CCNC(=NCC1CC1)NC1CCN(C(=O)C(C)C)C1.I. The first-order chi connectivity index (χ1) is 9.60. The van der Waals surface area contributed by atoms with Crippen molar-refractivity contribution in [2.45, 2.75) is 46.1 Å². The van der Waals surface area contributed by atoms with Gasteiger partial charge < -0.3 is 15.5 Å². The number of hydrogen-bond acceptors (Lipinski definition) is 2. The summed E-state index contributed by atoms with van der Waals surface area (Å²) in [6, 6.07) is 0.328. The van der Waals surface area contributed by atoms with Crippen LogP contribution < -0.4 is 10.6 Å². The third-order valence-electron chi connectivity index (χ3n) is 3.88. The van der Waals surface area contributed by atoms with E-state index in [-0.39, 0.29) is 35.8 Å². The van der Waals surface area contributed by atoms with Gasteiger partial charge in [0.05, 0.1) is 0 Å². The molecule has 0 bridgehead atoms. The number of carbonyl (C=O) groups excluding carboxylic acids is 1. The average Bonchev–Trinajstić information content (AvgIpc) is 3.13. The molecule has 1 aliphatic carbocycles. The summed E-state index contributed by atoms with van der Waals surface area (Å²) < 4.78 is 0. The van der Waals surface area contributed by atoms with Crippen molar-refractivity contribution in [2.75, 3.05) is 26.2 Å². The highest BCUT2D eigenvalue weighted by Crippen LogP contribution is 2.28. The van der Waals surface area contributed by atoms with Gasteiger partial charge in [0, 0.05) is 38.1 Å². The number of likely N-dealkylation sites (tertiary alicyclic amines) is 1. The van der Waals surface area contributed by atoms with E-state index in [0.717, 1.165) is 44.5 Å². The highest BCUT2D eigenvalue weighted by Gasteiger charge is 2.28. The fourth-order valence-electron chi connectivity index (χ4n) is 2.48. The van der Waals surface area contributed by atoms with Crippen LogP contribution in [-0.2, 0) is 4.79 Å². The molecular formula is C15H29IN4O. The predicted octanol–water partition coefficient (Wildman–Crippen LogP) is 1.83. The lowest BCUT2D eigenvalue weighted by Crippen LogP contribution is -2.45. The minimum absolute atomic E-state index is 0. The summed E-state index contributed by atoms with van der Waals surface area (Å²) in [6.07, 6.45) is 3.65. The molecule has 1 heterocycles. The van der Waals surface area contributed by atoms with E-state index in [2.05, 4.69) is 22.5 Å². The van der Waals surface area contributed by atoms with Crippen LogP contribution in [0.5, 0.6) is 0 Å². The minimum Gasteiger partial charge on any atom is -0.357 e. The van der Waals surface area contributed by atoms with Gasteiger partial charge in [-0.1, -0.05) is 13.8 Å². The summed E-state index contributed by atoms with van der Waals surface area (Å²) in [4.78, 5) is 18.6. The van der Waals surface area contributed by atoms with E-state index in [0.29, 0.717) is 6.04 Å². The van der Waals surface area contributed by atoms with Crippen LogP contribution in [0.1, 0.15) is 40.0 Å². The summed E-state index contributed by atoms with van der Waals surface area (Å²) in [6.45, 7) is 9.46. The zero-order valence-corrected chi connectivity index (χ0v) is 15.7. The Bertz CT molecular complexity index is 369. The van der Waals surface area contributed by atoms with Crippen molar-refractivity contribution in [1.29, 1.82) is 0 Å². The van der Waals surface area contributed by atoms with Crippen LogP contribution in [0.15, 0.2) is 4.99 Å². The van der Waals surface area contributed by atoms with Gasteiger partial charge in [-0.15, -0.1) is 24.0 Å². The van der Waals surface area contributed by atoms with Gasteiger partial charge in [0.25, 0.3) is 0 Å². The van der Waals surface area contributed by atoms with Gasteiger partial charge in [0.2, 0.25) is 5.91 Å². The monoisotopic (exact) mass is 408 g/mol. The van der Waals surface area contributed by atoms with E-state index >= 15 is 0 Å². The zero-order valence-electron chi connectivity index (χ0n) is 13.4. The second-order valence-electron chi connectivity index (χ2n) is 6.23. The maximum absolute atomic E-state index is 12.0. The molecule has 2 N–H and O–H groups in total. The van der Waals surface area contributed by atoms with Crippen molar-refractivity contribution in [2.24, 2.45) is 16.8 Å². The Balaban J connectivity index is 0.00000220. The third-order valence-corrected chi connectivity index (χ3v) is 3.88. The summed E-state index contributed by atoms with van der Waals surface area (Å²) in [5.74, 6) is 2.05. The van der Waals surface area contributed by atoms with Crippen LogP contribution in [0.2, 0.25) is 0 Å². The number of hydrogen-bond donors (Lipinski definition) is 2. The molecule has 2 fully saturated rings. The number of halogens is 1. The van der Waals surface area contributed by atoms with Gasteiger partial charge in [-0.3, -0.25) is 9.79 Å². The normalized spacial score (nSPS) is 22.2. The molecule has 2 aliphatic rings. The second-order valence-corrected chi connectivity index (χ2v) is 6.23. The maximum Gasteiger partial charge on any atom is 0.225 e. The van der Waals surface area contributed by atoms with Crippen molar-refractivity contribution >= 4 is 35.8 Å². The number of nitrogens with zero attached hydrogens (tertiary/aromatic N) is 2. The predicted molar refractivity (Wildman–Crippen MR) is 97.1 cm³/mol. The van der Waals surface area contributed by atoms with Crippen molar-refractivity contribution in [1.82, 2.24) is 15.5 Å². The zero-order chi connectivity index (χ0) is 14.5. The van der Waals surface area contributed by atoms with E-state index in [1.165, 1.54) is 12.8 Å². The highest BCUT2D eigenvalue weighted by molar-refractivity contribution is 14.0. The second kappa shape index (κ2) is 8.80. The van der Waals surface area contributed by atoms with E-state index in [9.17, 15) is 4.79 Å². The fourth-order valence-corrected chi connectivity index (χ4v) is 2.48. The summed E-state index contributed by atoms with van der Waals surface area (Å²) in [5.41, 5.74) is 0. The molecule has 1 unspecified atom stereocenters. The number of nitrogens with one attached hydrogen (secondary N) is 2. The summed E-state index contributed by atoms with van der Waals surface area (Å²) >= 11 is 0. The average molecular weight is 408 g/mol. The molecule has 122 valence electrons. The molecular weight excluding hydrogens is 379 g/mol. The van der Waals surface area contributed by atoms with Crippen LogP contribution in [0.3, 0.4) is 0 Å². The quantitative estimate of drug-likeness (QED) is 0.415. The molecule has 1 atom stereocenters. The standard InChI is InChI=1S/C15H28N4O.HI/c1-4-16-15(17-9-12-5-6-12)18-13-7-8-19(10-13)14(20)11(2)3;/h11-13H,4-10H2,1-3H3,(H2,16,17,18);1H. The Kier molecular flexibility index (Phi) is 7.76. The van der Waals surface area contributed by atoms with Crippen LogP contribution in [0, 0.1) is 11.8 Å². The van der Waals surface area contributed by atoms with Crippen LogP contribution in [0.25, 0.3) is 0 Å². The van der Waals surface area contributed by atoms with Gasteiger partial charge >= 0.3 is 0 Å². The number of amides is 1. The van der Waals surface area contributed by atoms with Crippen LogP contribution in [0.4, 0.5) is 0 Å². The highest BCUT2D eigenvalue weighted by atomic mass is 127. The van der Waals surface area contributed by atoms with Crippen molar-refractivity contribution < 1.29 is 4.79 Å². The first kappa shape index (κ1) is 18.5. The molecule has 5 nitrogen and oxygen atoms in total. The maximum atomic E-state index is 12.0. The molecule has 1 aliphatic heterocycles. The largest absolute Gasteiger partial charge is 0.357 e. The molecule has 21 heavy (non-hydrogen) atoms. The van der Waals surface area contributed by atoms with E-state index in [4.69, 9.17) is 0 Å². The lowest BCUT2D eigenvalue weighted by molar-refractivity contribution is -0.133. The Morgan fingerprint density at radius 2 is 2.05 bits per heavy atom. The van der Waals surface area contributed by atoms with E-state index < -0.39 is 0 Å². The molecule has 0 aromatic heterocycles. The van der Waals surface area contributed by atoms with Crippen molar-refractivity contribution in [3.05, 3.63) is 0 Å². The molecule has 0 aromatic rings. The number of aliphatic imine (C=N–C) groups is 1. The van der Waals surface area contributed by atoms with Gasteiger partial charge in [0.15, 0.2) is 5.96 Å². The molecule has 1 saturated carbocycles. The summed E-state index contributed by atoms with van der Waals surface area (Å²) in [7, 11) is 0. The van der Waals surface area contributed by atoms with Crippen LogP contribution >= 0.6 is 24.0 Å². The van der Waals surface area contributed by atoms with Crippen LogP contribution in [-0.4, -0.2) is 49.0 Å². The Morgan fingerprint density at radius 1 is 1.33 bits per heavy atom. The van der Waals surface area contributed by atoms with Gasteiger partial charge in [-0.2, -0.15) is 0 Å². The van der Waals surface area contributed by atoms with E-state index in [1.807, 2.05) is 18.7 Å². The molecule has 1 saturated heterocycles. The first-order valence-electron chi connectivity index (χ1n) is 7.93. The lowest BCUT2D eigenvalue weighted by atomic mass is 10.2. The van der Waals surface area contributed by atoms with E-state index in [1.54, 1.807) is 0 Å². The Morgan fingerprint density at radius 3 is 2.62 bits per heavy atom. The van der Waals surface area contributed by atoms with Gasteiger partial charge in [0.1, 0.15) is 0 Å². The summed E-state index contributed by atoms with van der Waals surface area (Å²) in [5, 5.41) is 6.76. The third kappa shape index (κ3) is 6.00. The minimum atomic E-state index is 0. The number of guanidine groups is 1. The van der Waals surface area contributed by atoms with Crippen molar-refractivity contribution in [3.8, 4) is 0 Å². The van der Waals surface area contributed by atoms with Gasteiger partial charge in [-0.25, -0.2) is 0 Å². The number of carbonyl (C=O) groups is 1. The Hall–Kier alpha value is -0.530. The molecule has 0 radical (unpaired) electrons. The Labute approximate surface area is 145 Å². The first-order valence-corrected chi connectivity index (χ1v) is 7.93. The molecule has 1 amide bonds. The van der Waals surface area contributed by atoms with Crippen molar-refractivity contribution in [3.63, 3.8) is 0 Å². The molecule has 0 aromatic carbocycles. The number of rotatable bonds is 5. The van der Waals surface area contributed by atoms with Gasteiger partial charge in [-0.05, 0) is 32.1 Å². The lowest BCUT2D eigenvalue weighted by Gasteiger charge is -2.20. The fraction of sp³-hybridized carbons (Fsp3) is 0.867. The molecule has 2 rings (SSSR count).